The van der Waals surface area contributed by atoms with Gasteiger partial charge in [0, 0.05) is 13.3 Å². The van der Waals surface area contributed by atoms with E-state index in [4.69, 9.17) is 4.74 Å². The van der Waals surface area contributed by atoms with Crippen LogP contribution in [-0.4, -0.2) is 35.7 Å². The van der Waals surface area contributed by atoms with Gasteiger partial charge in [-0.1, -0.05) is 152 Å². The minimum Gasteiger partial charge on any atom is -0.463 e. The monoisotopic (exact) mass is 628 g/mol. The average molecular weight is 628 g/mol. The number of hydrogen-bond donors (Lipinski definition) is 2. The van der Waals surface area contributed by atoms with Gasteiger partial charge in [-0.15, -0.1) is 0 Å². The molecule has 2 N–H and O–H groups in total. The Bertz CT molecular complexity index is 826. The van der Waals surface area contributed by atoms with Crippen LogP contribution in [0.15, 0.2) is 60.8 Å². The Balaban J connectivity index is 3.98. The van der Waals surface area contributed by atoms with E-state index in [9.17, 15) is 14.7 Å². The highest BCUT2D eigenvalue weighted by Crippen LogP contribution is 2.12. The van der Waals surface area contributed by atoms with Crippen molar-refractivity contribution in [2.24, 2.45) is 0 Å². The van der Waals surface area contributed by atoms with Gasteiger partial charge in [0.1, 0.15) is 6.61 Å². The van der Waals surface area contributed by atoms with Crippen LogP contribution in [0.1, 0.15) is 162 Å². The zero-order valence-electron chi connectivity index (χ0n) is 29.4. The van der Waals surface area contributed by atoms with Gasteiger partial charge in [0.05, 0.1) is 12.1 Å². The molecule has 45 heavy (non-hydrogen) atoms. The van der Waals surface area contributed by atoms with E-state index >= 15 is 0 Å². The van der Waals surface area contributed by atoms with Crippen LogP contribution in [-0.2, 0) is 14.3 Å². The molecule has 0 unspecified atom stereocenters. The highest BCUT2D eigenvalue weighted by molar-refractivity contribution is 5.73. The number of aliphatic hydroxyl groups excluding tert-OH is 1. The third-order valence-corrected chi connectivity index (χ3v) is 7.74. The summed E-state index contributed by atoms with van der Waals surface area (Å²) in [7, 11) is 0. The lowest BCUT2D eigenvalue weighted by Crippen LogP contribution is -2.45. The van der Waals surface area contributed by atoms with Crippen LogP contribution in [0.2, 0.25) is 0 Å². The molecule has 258 valence electrons. The van der Waals surface area contributed by atoms with Crippen LogP contribution in [0, 0.1) is 0 Å². The van der Waals surface area contributed by atoms with E-state index in [0.29, 0.717) is 12.8 Å². The van der Waals surface area contributed by atoms with Crippen molar-refractivity contribution in [2.45, 2.75) is 174 Å². The zero-order chi connectivity index (χ0) is 33.1. The summed E-state index contributed by atoms with van der Waals surface area (Å²) >= 11 is 0. The van der Waals surface area contributed by atoms with E-state index in [1.54, 1.807) is 6.08 Å². The number of ether oxygens (including phenoxy) is 1. The lowest BCUT2D eigenvalue weighted by Gasteiger charge is -2.21. The van der Waals surface area contributed by atoms with Crippen molar-refractivity contribution in [2.75, 3.05) is 6.61 Å². The molecular formula is C40H69NO4. The van der Waals surface area contributed by atoms with Crippen molar-refractivity contribution in [1.82, 2.24) is 5.32 Å². The topological polar surface area (TPSA) is 75.6 Å². The molecular weight excluding hydrogens is 558 g/mol. The van der Waals surface area contributed by atoms with Crippen LogP contribution >= 0.6 is 0 Å². The van der Waals surface area contributed by atoms with Gasteiger partial charge >= 0.3 is 5.97 Å². The molecule has 0 aliphatic rings. The lowest BCUT2D eigenvalue weighted by atomic mass is 10.0. The summed E-state index contributed by atoms with van der Waals surface area (Å²) in [5, 5.41) is 13.3. The van der Waals surface area contributed by atoms with Gasteiger partial charge in [0.25, 0.3) is 0 Å². The van der Waals surface area contributed by atoms with Crippen LogP contribution in [0.3, 0.4) is 0 Å². The summed E-state index contributed by atoms with van der Waals surface area (Å²) in [6.45, 7) is 5.86. The molecule has 0 radical (unpaired) electrons. The highest BCUT2D eigenvalue weighted by atomic mass is 16.5. The standard InChI is InChI=1S/C40H69NO4/c1-4-6-8-10-12-14-16-18-19-20-21-23-25-27-29-31-33-35-40(44)45-36-38(41-37(3)42)39(43)34-32-30-28-26-24-22-17-15-13-11-9-7-5-2/h12,14,18-19,21,23,27,29,32,34,38-39,43H,4-11,13,15-17,20,22,24-26,28,30-31,33,35-36H2,1-3H3,(H,41,42)/b14-12-,19-18-,23-21-,29-27-,34-32+/t38-,39+/m0/s1. The summed E-state index contributed by atoms with van der Waals surface area (Å²) in [4.78, 5) is 23.9. The molecule has 0 rings (SSSR count). The average Bonchev–Trinajstić information content (AvgIpc) is 3.02. The minimum absolute atomic E-state index is 0.0350. The van der Waals surface area contributed by atoms with Crippen molar-refractivity contribution < 1.29 is 19.4 Å². The van der Waals surface area contributed by atoms with E-state index in [1.165, 1.54) is 96.8 Å². The molecule has 5 heteroatoms. The molecule has 0 saturated carbocycles. The van der Waals surface area contributed by atoms with Gasteiger partial charge in [-0.25, -0.2) is 0 Å². The van der Waals surface area contributed by atoms with Crippen LogP contribution in [0.5, 0.6) is 0 Å². The van der Waals surface area contributed by atoms with E-state index < -0.39 is 12.1 Å². The van der Waals surface area contributed by atoms with E-state index in [1.807, 2.05) is 6.08 Å². The number of amides is 1. The number of esters is 1. The van der Waals surface area contributed by atoms with Gasteiger partial charge in [-0.2, -0.15) is 0 Å². The first-order chi connectivity index (χ1) is 22.0. The molecule has 0 spiro atoms. The Kier molecular flexibility index (Phi) is 32.6. The molecule has 0 aliphatic carbocycles. The van der Waals surface area contributed by atoms with Crippen LogP contribution in [0.25, 0.3) is 0 Å². The highest BCUT2D eigenvalue weighted by Gasteiger charge is 2.19. The number of unbranched alkanes of at least 4 members (excludes halogenated alkanes) is 15. The molecule has 0 heterocycles. The van der Waals surface area contributed by atoms with Crippen molar-refractivity contribution in [1.29, 1.82) is 0 Å². The maximum absolute atomic E-state index is 12.2. The van der Waals surface area contributed by atoms with Gasteiger partial charge < -0.3 is 15.2 Å². The predicted molar refractivity (Wildman–Crippen MR) is 193 cm³/mol. The second kappa shape index (κ2) is 34.5. The van der Waals surface area contributed by atoms with Gasteiger partial charge in [-0.3, -0.25) is 9.59 Å². The fourth-order valence-electron chi connectivity index (χ4n) is 4.96. The second-order valence-electron chi connectivity index (χ2n) is 12.2. The normalized spacial score (nSPS) is 13.6. The summed E-state index contributed by atoms with van der Waals surface area (Å²) < 4.78 is 5.38. The van der Waals surface area contributed by atoms with Crippen molar-refractivity contribution >= 4 is 11.9 Å². The Labute approximate surface area is 277 Å². The van der Waals surface area contributed by atoms with Gasteiger partial charge in [-0.05, 0) is 57.8 Å². The maximum Gasteiger partial charge on any atom is 0.305 e. The summed E-state index contributed by atoms with van der Waals surface area (Å²) in [6, 6.07) is -0.645. The molecule has 0 fully saturated rings. The number of rotatable bonds is 31. The molecule has 0 aliphatic heterocycles. The van der Waals surface area contributed by atoms with E-state index in [-0.39, 0.29) is 18.5 Å². The quantitative estimate of drug-likeness (QED) is 0.0455. The third kappa shape index (κ3) is 32.8. The number of carbonyl (C=O) groups is 2. The smallest absolute Gasteiger partial charge is 0.305 e. The number of nitrogens with one attached hydrogen (secondary N) is 1. The number of allylic oxidation sites excluding steroid dienone is 9. The minimum atomic E-state index is -0.891. The largest absolute Gasteiger partial charge is 0.463 e. The summed E-state index contributed by atoms with van der Waals surface area (Å²) in [5.41, 5.74) is 0. The maximum atomic E-state index is 12.2. The first kappa shape index (κ1) is 42.6. The van der Waals surface area contributed by atoms with Crippen molar-refractivity contribution in [3.63, 3.8) is 0 Å². The van der Waals surface area contributed by atoms with E-state index in [0.717, 1.165) is 38.5 Å². The predicted octanol–water partition coefficient (Wildman–Crippen LogP) is 10.8. The molecule has 0 bridgehead atoms. The Morgan fingerprint density at radius 1 is 0.600 bits per heavy atom. The zero-order valence-corrected chi connectivity index (χ0v) is 29.4. The van der Waals surface area contributed by atoms with Crippen LogP contribution < -0.4 is 5.32 Å². The van der Waals surface area contributed by atoms with Crippen LogP contribution in [0.4, 0.5) is 0 Å². The molecule has 0 aromatic carbocycles. The molecule has 5 nitrogen and oxygen atoms in total. The fraction of sp³-hybridized carbons (Fsp3) is 0.700. The molecule has 1 amide bonds. The Hall–Kier alpha value is -2.40. The second-order valence-corrected chi connectivity index (χ2v) is 12.2. The molecule has 0 saturated heterocycles. The number of carbonyl (C=O) groups excluding carboxylic acids is 2. The lowest BCUT2D eigenvalue weighted by molar-refractivity contribution is -0.145. The number of hydrogen-bond acceptors (Lipinski definition) is 4. The molecule has 0 aromatic rings. The Morgan fingerprint density at radius 2 is 1.02 bits per heavy atom. The number of aliphatic hydroxyl groups is 1. The molecule has 2 atom stereocenters. The van der Waals surface area contributed by atoms with E-state index in [2.05, 4.69) is 67.8 Å². The van der Waals surface area contributed by atoms with Crippen molar-refractivity contribution in [3.8, 4) is 0 Å². The third-order valence-electron chi connectivity index (χ3n) is 7.74. The fourth-order valence-corrected chi connectivity index (χ4v) is 4.96. The van der Waals surface area contributed by atoms with Gasteiger partial charge in [0.15, 0.2) is 0 Å². The first-order valence-corrected chi connectivity index (χ1v) is 18.4. The van der Waals surface area contributed by atoms with Gasteiger partial charge in [0.2, 0.25) is 5.91 Å². The SMILES string of the molecule is CCCCC/C=C\C/C=C\C/C=C\C/C=C\CCCC(=O)OC[C@H](NC(C)=O)[C@H](O)/C=C/CCCCCCCCCCCCC. The summed E-state index contributed by atoms with van der Waals surface area (Å²) in [5.74, 6) is -0.562. The Morgan fingerprint density at radius 3 is 1.56 bits per heavy atom. The van der Waals surface area contributed by atoms with Crippen molar-refractivity contribution in [3.05, 3.63) is 60.8 Å². The summed E-state index contributed by atoms with van der Waals surface area (Å²) in [6.07, 6.45) is 45.3. The first-order valence-electron chi connectivity index (χ1n) is 18.4. The molecule has 0 aromatic heterocycles.